The molecular weight excluding hydrogens is 288 g/mol. The van der Waals surface area contributed by atoms with E-state index in [1.165, 1.54) is 0 Å². The Morgan fingerprint density at radius 2 is 1.70 bits per heavy atom. The zero-order chi connectivity index (χ0) is 17.1. The Bertz CT molecular complexity index is 649. The first-order valence-electron chi connectivity index (χ1n) is 8.18. The Hall–Kier alpha value is -2.11. The number of hydrogen-bond acceptors (Lipinski definition) is 5. The normalized spacial score (nSPS) is 11.5. The van der Waals surface area contributed by atoms with E-state index in [9.17, 15) is 0 Å². The number of nitrogens with two attached hydrogens (primary N) is 1. The molecule has 23 heavy (non-hydrogen) atoms. The minimum Gasteiger partial charge on any atom is -0.393 e. The van der Waals surface area contributed by atoms with Crippen LogP contribution in [0.2, 0.25) is 0 Å². The highest BCUT2D eigenvalue weighted by atomic mass is 15.3. The van der Waals surface area contributed by atoms with E-state index in [0.29, 0.717) is 23.3 Å². The summed E-state index contributed by atoms with van der Waals surface area (Å²) in [5.74, 6) is 2.50. The molecule has 0 aromatic carbocycles. The van der Waals surface area contributed by atoms with Crippen molar-refractivity contribution in [2.24, 2.45) is 11.8 Å². The predicted octanol–water partition coefficient (Wildman–Crippen LogP) is 2.98. The fraction of sp³-hybridized carbons (Fsp3) is 0.588. The molecular formula is C17H28N6. The quantitative estimate of drug-likeness (QED) is 0.887. The number of nitrogen functional groups attached to an aromatic ring is 1. The molecule has 126 valence electrons. The van der Waals surface area contributed by atoms with E-state index in [-0.39, 0.29) is 0 Å². The van der Waals surface area contributed by atoms with Gasteiger partial charge in [0.1, 0.15) is 12.0 Å². The van der Waals surface area contributed by atoms with Gasteiger partial charge in [0, 0.05) is 18.8 Å². The van der Waals surface area contributed by atoms with Gasteiger partial charge in [-0.2, -0.15) is 5.10 Å². The summed E-state index contributed by atoms with van der Waals surface area (Å²) in [6.07, 6.45) is 1.57. The third-order valence-electron chi connectivity index (χ3n) is 3.52. The monoisotopic (exact) mass is 316 g/mol. The maximum Gasteiger partial charge on any atom is 0.182 e. The third kappa shape index (κ3) is 4.00. The second kappa shape index (κ2) is 6.98. The average Bonchev–Trinajstić information content (AvgIpc) is 2.76. The van der Waals surface area contributed by atoms with E-state index in [1.54, 1.807) is 11.0 Å². The van der Waals surface area contributed by atoms with Crippen LogP contribution in [0.3, 0.4) is 0 Å². The lowest BCUT2D eigenvalue weighted by molar-refractivity contribution is 0.548. The van der Waals surface area contributed by atoms with Crippen molar-refractivity contribution in [3.63, 3.8) is 0 Å². The molecule has 2 aromatic rings. The molecule has 0 aliphatic heterocycles. The van der Waals surface area contributed by atoms with Gasteiger partial charge in [-0.3, -0.25) is 0 Å². The second-order valence-electron chi connectivity index (χ2n) is 6.97. The van der Waals surface area contributed by atoms with Crippen LogP contribution in [0.5, 0.6) is 0 Å². The van der Waals surface area contributed by atoms with Crippen molar-refractivity contribution in [3.05, 3.63) is 23.8 Å². The van der Waals surface area contributed by atoms with Gasteiger partial charge in [0.05, 0.1) is 5.69 Å². The van der Waals surface area contributed by atoms with Crippen molar-refractivity contribution in [2.75, 3.05) is 23.7 Å². The minimum atomic E-state index is 0.528. The lowest BCUT2D eigenvalue weighted by Gasteiger charge is -2.28. The summed E-state index contributed by atoms with van der Waals surface area (Å²) in [4.78, 5) is 11.1. The van der Waals surface area contributed by atoms with Gasteiger partial charge < -0.3 is 10.6 Å². The highest BCUT2D eigenvalue weighted by Gasteiger charge is 2.19. The molecule has 0 radical (unpaired) electrons. The predicted molar refractivity (Wildman–Crippen MR) is 94.9 cm³/mol. The molecule has 0 saturated carbocycles. The molecule has 0 atom stereocenters. The second-order valence-corrected chi connectivity index (χ2v) is 6.97. The number of aromatic nitrogens is 4. The van der Waals surface area contributed by atoms with Gasteiger partial charge in [-0.05, 0) is 31.7 Å². The van der Waals surface area contributed by atoms with E-state index in [2.05, 4.69) is 47.7 Å². The third-order valence-corrected chi connectivity index (χ3v) is 3.52. The largest absolute Gasteiger partial charge is 0.393 e. The van der Waals surface area contributed by atoms with Crippen LogP contribution in [0.1, 0.15) is 39.1 Å². The highest BCUT2D eigenvalue weighted by Crippen LogP contribution is 2.27. The summed E-state index contributed by atoms with van der Waals surface area (Å²) in [5.41, 5.74) is 8.96. The molecule has 6 heteroatoms. The van der Waals surface area contributed by atoms with Gasteiger partial charge in [0.15, 0.2) is 11.6 Å². The molecule has 2 aromatic heterocycles. The molecule has 2 N–H and O–H groups in total. The van der Waals surface area contributed by atoms with Crippen LogP contribution in [0, 0.1) is 25.7 Å². The smallest absolute Gasteiger partial charge is 0.182 e. The Kier molecular flexibility index (Phi) is 5.23. The first-order chi connectivity index (χ1) is 10.8. The summed E-state index contributed by atoms with van der Waals surface area (Å²) in [7, 11) is 0. The van der Waals surface area contributed by atoms with Crippen LogP contribution in [0.4, 0.5) is 11.5 Å². The average molecular weight is 316 g/mol. The highest BCUT2D eigenvalue weighted by molar-refractivity contribution is 5.70. The summed E-state index contributed by atoms with van der Waals surface area (Å²) >= 11 is 0. The van der Waals surface area contributed by atoms with Crippen molar-refractivity contribution in [1.29, 1.82) is 0 Å². The number of rotatable bonds is 6. The van der Waals surface area contributed by atoms with E-state index in [0.717, 1.165) is 30.3 Å². The van der Waals surface area contributed by atoms with Crippen molar-refractivity contribution in [2.45, 2.75) is 41.5 Å². The molecule has 0 saturated heterocycles. The van der Waals surface area contributed by atoms with E-state index >= 15 is 0 Å². The summed E-state index contributed by atoms with van der Waals surface area (Å²) in [6, 6.07) is 2.02. The van der Waals surface area contributed by atoms with E-state index in [1.807, 2.05) is 19.9 Å². The van der Waals surface area contributed by atoms with Gasteiger partial charge in [-0.25, -0.2) is 14.6 Å². The van der Waals surface area contributed by atoms with Crippen molar-refractivity contribution in [1.82, 2.24) is 19.7 Å². The number of anilines is 2. The minimum absolute atomic E-state index is 0.528. The van der Waals surface area contributed by atoms with E-state index < -0.39 is 0 Å². The summed E-state index contributed by atoms with van der Waals surface area (Å²) in [6.45, 7) is 14.6. The van der Waals surface area contributed by atoms with Crippen LogP contribution in [0.25, 0.3) is 5.82 Å². The molecule has 0 amide bonds. The first kappa shape index (κ1) is 17.2. The molecule has 0 spiro atoms. The summed E-state index contributed by atoms with van der Waals surface area (Å²) in [5, 5.41) is 4.49. The Labute approximate surface area is 138 Å². The van der Waals surface area contributed by atoms with Crippen LogP contribution in [-0.2, 0) is 0 Å². The molecule has 0 bridgehead atoms. The van der Waals surface area contributed by atoms with Crippen LogP contribution >= 0.6 is 0 Å². The number of hydrogen-bond donors (Lipinski definition) is 1. The number of aryl methyl sites for hydroxylation is 2. The van der Waals surface area contributed by atoms with Crippen molar-refractivity contribution >= 4 is 11.5 Å². The Balaban J connectivity index is 2.46. The fourth-order valence-electron chi connectivity index (χ4n) is 2.77. The zero-order valence-corrected chi connectivity index (χ0v) is 15.0. The van der Waals surface area contributed by atoms with Gasteiger partial charge in [0.2, 0.25) is 0 Å². The molecule has 2 rings (SSSR count). The molecule has 6 nitrogen and oxygen atoms in total. The fourth-order valence-corrected chi connectivity index (χ4v) is 2.77. The molecule has 2 heterocycles. The maximum absolute atomic E-state index is 6.42. The van der Waals surface area contributed by atoms with E-state index in [4.69, 9.17) is 5.73 Å². The molecule has 0 aliphatic rings. The van der Waals surface area contributed by atoms with Crippen molar-refractivity contribution in [3.8, 4) is 5.82 Å². The van der Waals surface area contributed by atoms with Crippen LogP contribution < -0.4 is 10.6 Å². The van der Waals surface area contributed by atoms with Crippen molar-refractivity contribution < 1.29 is 0 Å². The van der Waals surface area contributed by atoms with Gasteiger partial charge in [-0.1, -0.05) is 27.7 Å². The molecule has 0 aliphatic carbocycles. The molecule has 0 unspecified atom stereocenters. The SMILES string of the molecule is Cc1cc(C)n(-c2ncnc(N(CC(C)C)CC(C)C)c2N)n1. The first-order valence-corrected chi connectivity index (χ1v) is 8.18. The summed E-state index contributed by atoms with van der Waals surface area (Å²) < 4.78 is 1.79. The lowest BCUT2D eigenvalue weighted by atomic mass is 10.1. The Morgan fingerprint density at radius 3 is 2.17 bits per heavy atom. The van der Waals surface area contributed by atoms with Gasteiger partial charge >= 0.3 is 0 Å². The van der Waals surface area contributed by atoms with Gasteiger partial charge in [-0.15, -0.1) is 0 Å². The number of nitrogens with zero attached hydrogens (tertiary/aromatic N) is 5. The Morgan fingerprint density at radius 1 is 1.09 bits per heavy atom. The standard InChI is InChI=1S/C17H28N6/c1-11(2)8-22(9-12(3)4)16-15(18)17(20-10-19-16)23-14(6)7-13(5)21-23/h7,10-12H,8-9,18H2,1-6H3. The lowest BCUT2D eigenvalue weighted by Crippen LogP contribution is -2.33. The van der Waals surface area contributed by atoms with Crippen LogP contribution in [0.15, 0.2) is 12.4 Å². The maximum atomic E-state index is 6.42. The topological polar surface area (TPSA) is 72.9 Å². The van der Waals surface area contributed by atoms with Crippen LogP contribution in [-0.4, -0.2) is 32.8 Å². The van der Waals surface area contributed by atoms with Gasteiger partial charge in [0.25, 0.3) is 0 Å². The molecule has 0 fully saturated rings. The zero-order valence-electron chi connectivity index (χ0n) is 15.0.